The van der Waals surface area contributed by atoms with E-state index in [9.17, 15) is 4.79 Å². The summed E-state index contributed by atoms with van der Waals surface area (Å²) in [6, 6.07) is 8.12. The fourth-order valence-electron chi connectivity index (χ4n) is 3.45. The van der Waals surface area contributed by atoms with Crippen LogP contribution in [0.2, 0.25) is 0 Å². The lowest BCUT2D eigenvalue weighted by molar-refractivity contribution is -0.135. The van der Waals surface area contributed by atoms with Crippen molar-refractivity contribution in [3.05, 3.63) is 35.4 Å². The maximum absolute atomic E-state index is 12.2. The SMILES string of the molecule is CCOC(=O)C1=NC2(CCCCC2)Cc2ccccc21. The quantitative estimate of drug-likeness (QED) is 0.774. The molecule has 1 saturated carbocycles. The van der Waals surface area contributed by atoms with E-state index in [1.54, 1.807) is 0 Å². The number of benzene rings is 1. The molecule has 1 aliphatic heterocycles. The molecule has 0 atom stereocenters. The summed E-state index contributed by atoms with van der Waals surface area (Å²) in [5, 5.41) is 0. The molecule has 20 heavy (non-hydrogen) atoms. The van der Waals surface area contributed by atoms with Gasteiger partial charge in [-0.3, -0.25) is 4.99 Å². The topological polar surface area (TPSA) is 38.7 Å². The Labute approximate surface area is 120 Å². The minimum Gasteiger partial charge on any atom is -0.461 e. The molecular weight excluding hydrogens is 250 g/mol. The molecule has 0 unspecified atom stereocenters. The average molecular weight is 271 g/mol. The number of ether oxygens (including phenoxy) is 1. The van der Waals surface area contributed by atoms with Crippen LogP contribution in [-0.2, 0) is 16.0 Å². The summed E-state index contributed by atoms with van der Waals surface area (Å²) in [5.41, 5.74) is 2.68. The highest BCUT2D eigenvalue weighted by atomic mass is 16.5. The first-order valence-corrected chi connectivity index (χ1v) is 7.59. The first kappa shape index (κ1) is 13.3. The molecule has 2 aliphatic rings. The molecule has 3 nitrogen and oxygen atoms in total. The van der Waals surface area contributed by atoms with Crippen LogP contribution in [0.3, 0.4) is 0 Å². The van der Waals surface area contributed by atoms with Crippen molar-refractivity contribution in [2.24, 2.45) is 4.99 Å². The zero-order valence-electron chi connectivity index (χ0n) is 12.0. The third kappa shape index (κ3) is 2.37. The van der Waals surface area contributed by atoms with E-state index in [1.807, 2.05) is 25.1 Å². The molecule has 0 bridgehead atoms. The van der Waals surface area contributed by atoms with Gasteiger partial charge < -0.3 is 4.74 Å². The zero-order valence-corrected chi connectivity index (χ0v) is 12.0. The number of fused-ring (bicyclic) bond motifs is 1. The van der Waals surface area contributed by atoms with Gasteiger partial charge in [-0.05, 0) is 31.7 Å². The molecule has 1 aromatic rings. The number of rotatable bonds is 2. The minimum atomic E-state index is -0.274. The van der Waals surface area contributed by atoms with Crippen LogP contribution in [0.4, 0.5) is 0 Å². The van der Waals surface area contributed by atoms with Gasteiger partial charge in [0, 0.05) is 5.56 Å². The van der Waals surface area contributed by atoms with Crippen molar-refractivity contribution in [2.45, 2.75) is 51.0 Å². The van der Waals surface area contributed by atoms with Crippen LogP contribution in [0.5, 0.6) is 0 Å². The lowest BCUT2D eigenvalue weighted by atomic mass is 9.75. The van der Waals surface area contributed by atoms with Crippen LogP contribution in [0, 0.1) is 0 Å². The van der Waals surface area contributed by atoms with Gasteiger partial charge in [0.25, 0.3) is 0 Å². The molecule has 0 amide bonds. The molecule has 3 rings (SSSR count). The summed E-state index contributed by atoms with van der Waals surface area (Å²) in [5.74, 6) is -0.274. The standard InChI is InChI=1S/C17H21NO2/c1-2-20-16(19)15-14-9-5-4-8-13(14)12-17(18-15)10-6-3-7-11-17/h4-5,8-9H,2-3,6-7,10-12H2,1H3. The van der Waals surface area contributed by atoms with E-state index in [4.69, 9.17) is 9.73 Å². The highest BCUT2D eigenvalue weighted by Crippen LogP contribution is 2.38. The number of aliphatic imine (C=N–C) groups is 1. The highest BCUT2D eigenvalue weighted by Gasteiger charge is 2.38. The van der Waals surface area contributed by atoms with E-state index in [2.05, 4.69) is 6.07 Å². The molecule has 106 valence electrons. The third-order valence-electron chi connectivity index (χ3n) is 4.39. The van der Waals surface area contributed by atoms with Crippen LogP contribution in [0.1, 0.15) is 50.2 Å². The molecule has 1 aromatic carbocycles. The van der Waals surface area contributed by atoms with Crippen molar-refractivity contribution in [1.82, 2.24) is 0 Å². The van der Waals surface area contributed by atoms with E-state index < -0.39 is 0 Å². The molecule has 1 aliphatic carbocycles. The Morgan fingerprint density at radius 1 is 1.25 bits per heavy atom. The highest BCUT2D eigenvalue weighted by molar-refractivity contribution is 6.44. The Balaban J connectivity index is 2.03. The lowest BCUT2D eigenvalue weighted by Gasteiger charge is -2.37. The summed E-state index contributed by atoms with van der Waals surface area (Å²) < 4.78 is 5.20. The van der Waals surface area contributed by atoms with Crippen LogP contribution < -0.4 is 0 Å². The predicted molar refractivity (Wildman–Crippen MR) is 79.1 cm³/mol. The Kier molecular flexibility index (Phi) is 3.60. The van der Waals surface area contributed by atoms with Crippen molar-refractivity contribution in [3.8, 4) is 0 Å². The number of hydrogen-bond donors (Lipinski definition) is 0. The normalized spacial score (nSPS) is 20.1. The Bertz CT molecular complexity index is 542. The molecule has 0 N–H and O–H groups in total. The predicted octanol–water partition coefficient (Wildman–Crippen LogP) is 3.30. The molecule has 0 saturated heterocycles. The fourth-order valence-corrected chi connectivity index (χ4v) is 3.45. The Morgan fingerprint density at radius 3 is 2.75 bits per heavy atom. The summed E-state index contributed by atoms with van der Waals surface area (Å²) in [6.07, 6.45) is 6.84. The Hall–Kier alpha value is -1.64. The number of nitrogens with zero attached hydrogens (tertiary/aromatic N) is 1. The second-order valence-electron chi connectivity index (χ2n) is 5.80. The fraction of sp³-hybridized carbons (Fsp3) is 0.529. The van der Waals surface area contributed by atoms with Crippen LogP contribution in [-0.4, -0.2) is 23.8 Å². The second kappa shape index (κ2) is 5.39. The second-order valence-corrected chi connectivity index (χ2v) is 5.80. The molecule has 0 radical (unpaired) electrons. The molecule has 1 heterocycles. The van der Waals surface area contributed by atoms with Gasteiger partial charge in [-0.1, -0.05) is 43.5 Å². The summed E-state index contributed by atoms with van der Waals surface area (Å²) in [4.78, 5) is 17.1. The van der Waals surface area contributed by atoms with Crippen LogP contribution in [0.15, 0.2) is 29.3 Å². The van der Waals surface area contributed by atoms with Crippen LogP contribution in [0.25, 0.3) is 0 Å². The summed E-state index contributed by atoms with van der Waals surface area (Å²) >= 11 is 0. The maximum Gasteiger partial charge on any atom is 0.357 e. The largest absolute Gasteiger partial charge is 0.461 e. The van der Waals surface area contributed by atoms with Crippen molar-refractivity contribution in [2.75, 3.05) is 6.61 Å². The average Bonchev–Trinajstić information content (AvgIpc) is 2.47. The van der Waals surface area contributed by atoms with Gasteiger partial charge in [-0.2, -0.15) is 0 Å². The zero-order chi connectivity index (χ0) is 14.0. The molecule has 1 fully saturated rings. The van der Waals surface area contributed by atoms with Crippen molar-refractivity contribution < 1.29 is 9.53 Å². The van der Waals surface area contributed by atoms with E-state index >= 15 is 0 Å². The molecule has 0 aromatic heterocycles. The number of carbonyl (C=O) groups excluding carboxylic acids is 1. The Morgan fingerprint density at radius 2 is 2.00 bits per heavy atom. The van der Waals surface area contributed by atoms with Crippen molar-refractivity contribution in [1.29, 1.82) is 0 Å². The number of hydrogen-bond acceptors (Lipinski definition) is 3. The van der Waals surface area contributed by atoms with Crippen molar-refractivity contribution in [3.63, 3.8) is 0 Å². The first-order chi connectivity index (χ1) is 9.74. The third-order valence-corrected chi connectivity index (χ3v) is 4.39. The van der Waals surface area contributed by atoms with Gasteiger partial charge in [-0.15, -0.1) is 0 Å². The van der Waals surface area contributed by atoms with Gasteiger partial charge in [0.15, 0.2) is 5.71 Å². The van der Waals surface area contributed by atoms with Gasteiger partial charge in [0.2, 0.25) is 0 Å². The van der Waals surface area contributed by atoms with Gasteiger partial charge in [-0.25, -0.2) is 4.79 Å². The van der Waals surface area contributed by atoms with Crippen LogP contribution >= 0.6 is 0 Å². The van der Waals surface area contributed by atoms with E-state index in [1.165, 1.54) is 24.8 Å². The van der Waals surface area contributed by atoms with E-state index in [0.29, 0.717) is 12.3 Å². The lowest BCUT2D eigenvalue weighted by Crippen LogP contribution is -2.39. The molecule has 1 spiro atoms. The first-order valence-electron chi connectivity index (χ1n) is 7.59. The minimum absolute atomic E-state index is 0.0608. The van der Waals surface area contributed by atoms with E-state index in [-0.39, 0.29) is 11.5 Å². The summed E-state index contributed by atoms with van der Waals surface area (Å²) in [7, 11) is 0. The maximum atomic E-state index is 12.2. The monoisotopic (exact) mass is 271 g/mol. The molecule has 3 heteroatoms. The summed E-state index contributed by atoms with van der Waals surface area (Å²) in [6.45, 7) is 2.23. The van der Waals surface area contributed by atoms with Crippen molar-refractivity contribution >= 4 is 11.7 Å². The number of carbonyl (C=O) groups is 1. The van der Waals surface area contributed by atoms with Gasteiger partial charge >= 0.3 is 5.97 Å². The van der Waals surface area contributed by atoms with Gasteiger partial charge in [0.1, 0.15) is 0 Å². The molecular formula is C17H21NO2. The smallest absolute Gasteiger partial charge is 0.357 e. The van der Waals surface area contributed by atoms with Gasteiger partial charge in [0.05, 0.1) is 12.1 Å². The number of esters is 1. The van der Waals surface area contributed by atoms with E-state index in [0.717, 1.165) is 24.8 Å².